The summed E-state index contributed by atoms with van der Waals surface area (Å²) >= 11 is 0. The maximum Gasteiger partial charge on any atom is 0.320 e. The van der Waals surface area contributed by atoms with E-state index in [9.17, 15) is 9.00 Å². The highest BCUT2D eigenvalue weighted by Gasteiger charge is 2.25. The van der Waals surface area contributed by atoms with Crippen molar-refractivity contribution < 1.29 is 23.6 Å². The van der Waals surface area contributed by atoms with E-state index in [-0.39, 0.29) is 6.54 Å². The molecule has 3 N–H and O–H groups in total. The molecule has 98 valence electrons. The largest absolute Gasteiger partial charge is 0.486 e. The molecule has 1 aliphatic heterocycles. The molecule has 0 aliphatic carbocycles. The van der Waals surface area contributed by atoms with Crippen LogP contribution in [0.25, 0.3) is 0 Å². The molecule has 0 radical (unpaired) electrons. The number of hydrogen-bond acceptors (Lipinski definition) is 5. The smallest absolute Gasteiger partial charge is 0.320 e. The van der Waals surface area contributed by atoms with Crippen molar-refractivity contribution in [2.24, 2.45) is 5.73 Å². The highest BCUT2D eigenvalue weighted by atomic mass is 32.2. The summed E-state index contributed by atoms with van der Waals surface area (Å²) in [6.45, 7) is 0.703. The molecule has 1 heterocycles. The van der Waals surface area contributed by atoms with Crippen LogP contribution in [0.3, 0.4) is 0 Å². The Balaban J connectivity index is 2.28. The van der Waals surface area contributed by atoms with Gasteiger partial charge >= 0.3 is 5.97 Å². The first-order chi connectivity index (χ1) is 8.63. The minimum atomic E-state index is -1.71. The molecule has 0 spiro atoms. The second-order valence-electron chi connectivity index (χ2n) is 3.67. The second-order valence-corrected chi connectivity index (χ2v) is 5.30. The van der Waals surface area contributed by atoms with Crippen molar-refractivity contribution in [3.63, 3.8) is 0 Å². The molecule has 0 amide bonds. The third-order valence-corrected chi connectivity index (χ3v) is 4.12. The summed E-state index contributed by atoms with van der Waals surface area (Å²) in [5.41, 5.74) is 5.32. The summed E-state index contributed by atoms with van der Waals surface area (Å²) in [7, 11) is -1.71. The van der Waals surface area contributed by atoms with Crippen LogP contribution in [0.15, 0.2) is 23.1 Å². The molecule has 18 heavy (non-hydrogen) atoms. The van der Waals surface area contributed by atoms with Gasteiger partial charge in [0.1, 0.15) is 18.5 Å². The van der Waals surface area contributed by atoms with E-state index < -0.39 is 22.0 Å². The molecular weight excluding hydrogens is 258 g/mol. The molecule has 2 unspecified atom stereocenters. The van der Waals surface area contributed by atoms with Crippen LogP contribution in [0.4, 0.5) is 0 Å². The summed E-state index contributed by atoms with van der Waals surface area (Å²) in [4.78, 5) is 11.3. The van der Waals surface area contributed by atoms with Crippen LogP contribution < -0.4 is 15.2 Å². The van der Waals surface area contributed by atoms with Gasteiger partial charge in [-0.2, -0.15) is 0 Å². The maximum atomic E-state index is 12.1. The predicted molar refractivity (Wildman–Crippen MR) is 64.3 cm³/mol. The number of aliphatic carboxylic acids is 1. The Kier molecular flexibility index (Phi) is 3.83. The molecule has 1 aromatic carbocycles. The lowest BCUT2D eigenvalue weighted by Crippen LogP contribution is -2.33. The van der Waals surface area contributed by atoms with E-state index in [4.69, 9.17) is 20.3 Å². The number of nitrogens with two attached hydrogens (primary N) is 1. The topological polar surface area (TPSA) is 98.9 Å². The third-order valence-electron chi connectivity index (χ3n) is 2.49. The van der Waals surface area contributed by atoms with Crippen LogP contribution in [0.1, 0.15) is 0 Å². The first-order valence-corrected chi connectivity index (χ1v) is 6.58. The van der Waals surface area contributed by atoms with Crippen molar-refractivity contribution in [2.75, 3.05) is 19.8 Å². The van der Waals surface area contributed by atoms with Crippen molar-refractivity contribution in [2.45, 2.75) is 10.1 Å². The monoisotopic (exact) mass is 271 g/mol. The number of rotatable bonds is 4. The lowest BCUT2D eigenvalue weighted by atomic mass is 10.3. The van der Waals surface area contributed by atoms with Crippen LogP contribution in [0.2, 0.25) is 0 Å². The number of carboxylic acid groups (broad SMARTS) is 1. The molecule has 0 fully saturated rings. The van der Waals surface area contributed by atoms with Gasteiger partial charge in [-0.15, -0.1) is 0 Å². The number of carbonyl (C=O) groups is 1. The van der Waals surface area contributed by atoms with E-state index >= 15 is 0 Å². The molecule has 1 aromatic rings. The van der Waals surface area contributed by atoms with Crippen molar-refractivity contribution >= 4 is 16.8 Å². The number of benzene rings is 1. The molecule has 0 bridgehead atoms. The molecule has 1 aliphatic rings. The van der Waals surface area contributed by atoms with Gasteiger partial charge in [-0.1, -0.05) is 0 Å². The lowest BCUT2D eigenvalue weighted by molar-refractivity contribution is -0.136. The van der Waals surface area contributed by atoms with Gasteiger partial charge in [-0.25, -0.2) is 0 Å². The highest BCUT2D eigenvalue weighted by Crippen LogP contribution is 2.32. The van der Waals surface area contributed by atoms with Gasteiger partial charge in [0.25, 0.3) is 0 Å². The average molecular weight is 271 g/mol. The van der Waals surface area contributed by atoms with Gasteiger partial charge in [0.15, 0.2) is 11.5 Å². The Morgan fingerprint density at radius 3 is 2.67 bits per heavy atom. The number of ether oxygens (including phenoxy) is 2. The van der Waals surface area contributed by atoms with Crippen LogP contribution >= 0.6 is 0 Å². The minimum Gasteiger partial charge on any atom is -0.486 e. The van der Waals surface area contributed by atoms with Crippen LogP contribution in [-0.2, 0) is 15.6 Å². The van der Waals surface area contributed by atoms with E-state index in [1.807, 2.05) is 0 Å². The number of hydrogen-bond donors (Lipinski definition) is 2. The van der Waals surface area contributed by atoms with Gasteiger partial charge in [-0.3, -0.25) is 9.00 Å². The lowest BCUT2D eigenvalue weighted by Gasteiger charge is -2.19. The zero-order chi connectivity index (χ0) is 13.1. The maximum absolute atomic E-state index is 12.1. The quantitative estimate of drug-likeness (QED) is 0.798. The average Bonchev–Trinajstić information content (AvgIpc) is 2.38. The summed E-state index contributed by atoms with van der Waals surface area (Å²) in [6, 6.07) is 4.72. The van der Waals surface area contributed by atoms with Crippen molar-refractivity contribution in [1.29, 1.82) is 0 Å². The second kappa shape index (κ2) is 5.36. The van der Waals surface area contributed by atoms with Crippen LogP contribution in [-0.4, -0.2) is 40.3 Å². The zero-order valence-electron chi connectivity index (χ0n) is 9.50. The van der Waals surface area contributed by atoms with Crippen LogP contribution in [0, 0.1) is 0 Å². The fourth-order valence-electron chi connectivity index (χ4n) is 1.59. The highest BCUT2D eigenvalue weighted by molar-refractivity contribution is 7.86. The molecule has 0 aromatic heterocycles. The van der Waals surface area contributed by atoms with E-state index in [1.54, 1.807) is 12.1 Å². The minimum absolute atomic E-state index is 0.184. The van der Waals surface area contributed by atoms with Crippen molar-refractivity contribution in [1.82, 2.24) is 0 Å². The molecule has 2 atom stereocenters. The van der Waals surface area contributed by atoms with E-state index in [2.05, 4.69) is 0 Å². The van der Waals surface area contributed by atoms with Gasteiger partial charge in [0, 0.05) is 17.5 Å². The first kappa shape index (κ1) is 12.8. The number of fused-ring (bicyclic) bond motifs is 1. The van der Waals surface area contributed by atoms with E-state index in [0.717, 1.165) is 0 Å². The normalized spacial score (nSPS) is 16.9. The van der Waals surface area contributed by atoms with E-state index in [0.29, 0.717) is 29.6 Å². The van der Waals surface area contributed by atoms with Gasteiger partial charge < -0.3 is 20.3 Å². The molecule has 0 saturated heterocycles. The Bertz CT molecular complexity index is 490. The molecule has 6 nitrogen and oxygen atoms in total. The molecular formula is C11H13NO5S. The SMILES string of the molecule is NCC(C(=O)O)S(=O)c1ccc2c(c1)OCCO2. The standard InChI is InChI=1S/C11H13NO5S/c12-6-10(11(13)14)18(15)7-1-2-8-9(5-7)17-4-3-16-8/h1-2,5,10H,3-4,6,12H2,(H,13,14). The first-order valence-electron chi connectivity index (χ1n) is 5.36. The van der Waals surface area contributed by atoms with Gasteiger partial charge in [-0.05, 0) is 12.1 Å². The fourth-order valence-corrected chi connectivity index (χ4v) is 2.70. The van der Waals surface area contributed by atoms with Crippen LogP contribution in [0.5, 0.6) is 11.5 Å². The van der Waals surface area contributed by atoms with Gasteiger partial charge in [0.05, 0.1) is 10.8 Å². The Morgan fingerprint density at radius 1 is 1.39 bits per heavy atom. The summed E-state index contributed by atoms with van der Waals surface area (Å²) < 4.78 is 22.7. The Morgan fingerprint density at radius 2 is 2.06 bits per heavy atom. The fraction of sp³-hybridized carbons (Fsp3) is 0.364. The predicted octanol–water partition coefficient (Wildman–Crippen LogP) is -0.0227. The number of carboxylic acids is 1. The summed E-state index contributed by atoms with van der Waals surface area (Å²) in [5, 5.41) is 7.80. The van der Waals surface area contributed by atoms with Gasteiger partial charge in [0.2, 0.25) is 0 Å². The molecule has 7 heteroatoms. The van der Waals surface area contributed by atoms with Crippen molar-refractivity contribution in [3.05, 3.63) is 18.2 Å². The Labute approximate surface area is 106 Å². The van der Waals surface area contributed by atoms with E-state index in [1.165, 1.54) is 6.07 Å². The summed E-state index contributed by atoms with van der Waals surface area (Å²) in [5.74, 6) is -0.124. The Hall–Kier alpha value is -1.60. The molecule has 0 saturated carbocycles. The molecule has 2 rings (SSSR count). The van der Waals surface area contributed by atoms with Crippen molar-refractivity contribution in [3.8, 4) is 11.5 Å². The zero-order valence-corrected chi connectivity index (χ0v) is 10.3. The third kappa shape index (κ3) is 2.46. The summed E-state index contributed by atoms with van der Waals surface area (Å²) in [6.07, 6.45) is 0.